The molecule has 17 heavy (non-hydrogen) atoms. The van der Waals surface area contributed by atoms with Crippen LogP contribution in [0.5, 0.6) is 0 Å². The van der Waals surface area contributed by atoms with Gasteiger partial charge >= 0.3 is 12.0 Å². The van der Waals surface area contributed by atoms with Crippen molar-refractivity contribution in [1.82, 2.24) is 5.32 Å². The summed E-state index contributed by atoms with van der Waals surface area (Å²) < 4.78 is 0.962. The van der Waals surface area contributed by atoms with E-state index < -0.39 is 12.0 Å². The first kappa shape index (κ1) is 14.0. The van der Waals surface area contributed by atoms with Gasteiger partial charge in [-0.05, 0) is 40.8 Å². The highest BCUT2D eigenvalue weighted by Crippen LogP contribution is 2.23. The second-order valence-electron chi connectivity index (χ2n) is 3.15. The van der Waals surface area contributed by atoms with Crippen molar-refractivity contribution in [2.24, 2.45) is 0 Å². The van der Waals surface area contributed by atoms with Crippen LogP contribution >= 0.6 is 34.2 Å². The summed E-state index contributed by atoms with van der Waals surface area (Å²) >= 11 is 8.02. The number of urea groups is 1. The Balaban J connectivity index is 2.48. The standard InChI is InChI=1S/C10H10ClIN2O3/c11-7-5-6(12)1-2-8(7)14-10(17)13-4-3-9(15)16/h1-2,5H,3-4H2,(H,15,16)(H2,13,14,17). The van der Waals surface area contributed by atoms with Crippen LogP contribution in [-0.4, -0.2) is 23.7 Å². The van der Waals surface area contributed by atoms with E-state index in [1.807, 2.05) is 0 Å². The van der Waals surface area contributed by atoms with Gasteiger partial charge in [-0.2, -0.15) is 0 Å². The fourth-order valence-electron chi connectivity index (χ4n) is 1.04. The summed E-state index contributed by atoms with van der Waals surface area (Å²) in [6, 6.07) is 4.73. The molecule has 1 aromatic rings. The summed E-state index contributed by atoms with van der Waals surface area (Å²) in [6.07, 6.45) is -0.117. The predicted molar refractivity (Wildman–Crippen MR) is 73.4 cm³/mol. The number of carboxylic acid groups (broad SMARTS) is 1. The lowest BCUT2D eigenvalue weighted by Crippen LogP contribution is -2.30. The van der Waals surface area contributed by atoms with E-state index in [0.29, 0.717) is 10.7 Å². The Bertz CT molecular complexity index is 440. The number of hydrogen-bond acceptors (Lipinski definition) is 2. The molecule has 0 saturated carbocycles. The molecule has 0 saturated heterocycles. The number of anilines is 1. The number of carbonyl (C=O) groups is 2. The van der Waals surface area contributed by atoms with Crippen molar-refractivity contribution < 1.29 is 14.7 Å². The van der Waals surface area contributed by atoms with Gasteiger partial charge in [0.2, 0.25) is 0 Å². The summed E-state index contributed by atoms with van der Waals surface area (Å²) in [5, 5.41) is 13.8. The lowest BCUT2D eigenvalue weighted by molar-refractivity contribution is -0.136. The number of nitrogens with one attached hydrogen (secondary N) is 2. The van der Waals surface area contributed by atoms with Gasteiger partial charge in [0.15, 0.2) is 0 Å². The lowest BCUT2D eigenvalue weighted by atomic mass is 10.3. The van der Waals surface area contributed by atoms with Crippen molar-refractivity contribution in [1.29, 1.82) is 0 Å². The number of aliphatic carboxylic acids is 1. The van der Waals surface area contributed by atoms with Gasteiger partial charge in [0, 0.05) is 10.1 Å². The van der Waals surface area contributed by atoms with E-state index >= 15 is 0 Å². The molecule has 0 bridgehead atoms. The van der Waals surface area contributed by atoms with Crippen LogP contribution in [0, 0.1) is 3.57 Å². The summed E-state index contributed by atoms with van der Waals surface area (Å²) in [5.41, 5.74) is 0.486. The average Bonchev–Trinajstić information content (AvgIpc) is 2.21. The zero-order chi connectivity index (χ0) is 12.8. The molecule has 1 rings (SSSR count). The number of rotatable bonds is 4. The third-order valence-electron chi connectivity index (χ3n) is 1.80. The summed E-state index contributed by atoms with van der Waals surface area (Å²) in [4.78, 5) is 21.6. The van der Waals surface area contributed by atoms with Gasteiger partial charge in [0.1, 0.15) is 0 Å². The first-order valence-corrected chi connectivity index (χ1v) is 6.16. The first-order valence-electron chi connectivity index (χ1n) is 4.70. The third kappa shape index (κ3) is 5.22. The molecule has 0 aliphatic heterocycles. The second-order valence-corrected chi connectivity index (χ2v) is 4.80. The van der Waals surface area contributed by atoms with Crippen LogP contribution < -0.4 is 10.6 Å². The van der Waals surface area contributed by atoms with Crippen LogP contribution in [0.4, 0.5) is 10.5 Å². The highest BCUT2D eigenvalue weighted by atomic mass is 127. The normalized spacial score (nSPS) is 9.76. The maximum Gasteiger partial charge on any atom is 0.319 e. The van der Waals surface area contributed by atoms with Crippen LogP contribution in [0.2, 0.25) is 5.02 Å². The number of carboxylic acids is 1. The van der Waals surface area contributed by atoms with Gasteiger partial charge in [-0.3, -0.25) is 4.79 Å². The molecule has 0 atom stereocenters. The van der Waals surface area contributed by atoms with Gasteiger partial charge in [0.05, 0.1) is 17.1 Å². The number of hydrogen-bond donors (Lipinski definition) is 3. The minimum atomic E-state index is -0.961. The second kappa shape index (κ2) is 6.65. The molecule has 0 aliphatic rings. The van der Waals surface area contributed by atoms with Gasteiger partial charge in [-0.15, -0.1) is 0 Å². The Labute approximate surface area is 117 Å². The fraction of sp³-hybridized carbons (Fsp3) is 0.200. The minimum Gasteiger partial charge on any atom is -0.481 e. The Morgan fingerprint density at radius 1 is 1.41 bits per heavy atom. The molecule has 0 unspecified atom stereocenters. The fourth-order valence-corrected chi connectivity index (χ4v) is 1.94. The van der Waals surface area contributed by atoms with E-state index in [9.17, 15) is 9.59 Å². The summed E-state index contributed by atoms with van der Waals surface area (Å²) in [6.45, 7) is 0.0726. The smallest absolute Gasteiger partial charge is 0.319 e. The molecular formula is C10H10ClIN2O3. The maximum absolute atomic E-state index is 11.4. The molecule has 1 aromatic carbocycles. The van der Waals surface area contributed by atoms with Crippen LogP contribution in [0.25, 0.3) is 0 Å². The van der Waals surface area contributed by atoms with E-state index in [1.165, 1.54) is 0 Å². The van der Waals surface area contributed by atoms with Crippen molar-refractivity contribution in [2.45, 2.75) is 6.42 Å². The SMILES string of the molecule is O=C(O)CCNC(=O)Nc1ccc(I)cc1Cl. The van der Waals surface area contributed by atoms with Crippen LogP contribution in [-0.2, 0) is 4.79 Å². The number of amides is 2. The topological polar surface area (TPSA) is 78.4 Å². The largest absolute Gasteiger partial charge is 0.481 e. The van der Waals surface area contributed by atoms with E-state index in [-0.39, 0.29) is 13.0 Å². The Hall–Kier alpha value is -1.02. The Morgan fingerprint density at radius 3 is 2.71 bits per heavy atom. The van der Waals surface area contributed by atoms with Gasteiger partial charge < -0.3 is 15.7 Å². The first-order chi connectivity index (χ1) is 7.99. The summed E-state index contributed by atoms with van der Waals surface area (Å²) in [5.74, 6) is -0.961. The predicted octanol–water partition coefficient (Wildman–Crippen LogP) is 2.54. The van der Waals surface area contributed by atoms with E-state index in [1.54, 1.807) is 18.2 Å². The van der Waals surface area contributed by atoms with E-state index in [0.717, 1.165) is 3.57 Å². The molecular weight excluding hydrogens is 358 g/mol. The van der Waals surface area contributed by atoms with Crippen LogP contribution in [0.15, 0.2) is 18.2 Å². The highest BCUT2D eigenvalue weighted by Gasteiger charge is 2.06. The Kier molecular flexibility index (Phi) is 5.49. The molecule has 5 nitrogen and oxygen atoms in total. The molecule has 3 N–H and O–H groups in total. The van der Waals surface area contributed by atoms with Crippen molar-refractivity contribution >= 4 is 51.9 Å². The molecule has 0 aromatic heterocycles. The molecule has 0 aliphatic carbocycles. The molecule has 2 amide bonds. The molecule has 92 valence electrons. The van der Waals surface area contributed by atoms with Gasteiger partial charge in [-0.25, -0.2) is 4.79 Å². The molecule has 0 spiro atoms. The molecule has 7 heteroatoms. The Morgan fingerprint density at radius 2 is 2.12 bits per heavy atom. The van der Waals surface area contributed by atoms with Crippen molar-refractivity contribution in [2.75, 3.05) is 11.9 Å². The molecule has 0 radical (unpaired) electrons. The molecule has 0 fully saturated rings. The monoisotopic (exact) mass is 368 g/mol. The number of halogens is 2. The third-order valence-corrected chi connectivity index (χ3v) is 2.79. The highest BCUT2D eigenvalue weighted by molar-refractivity contribution is 14.1. The zero-order valence-corrected chi connectivity index (χ0v) is 11.6. The van der Waals surface area contributed by atoms with Gasteiger partial charge in [0.25, 0.3) is 0 Å². The van der Waals surface area contributed by atoms with Gasteiger partial charge in [-0.1, -0.05) is 11.6 Å². The molecule has 0 heterocycles. The number of benzene rings is 1. The summed E-state index contributed by atoms with van der Waals surface area (Å²) in [7, 11) is 0. The van der Waals surface area contributed by atoms with E-state index in [2.05, 4.69) is 33.2 Å². The quantitative estimate of drug-likeness (QED) is 0.715. The van der Waals surface area contributed by atoms with Crippen molar-refractivity contribution in [3.05, 3.63) is 26.8 Å². The zero-order valence-electron chi connectivity index (χ0n) is 8.67. The van der Waals surface area contributed by atoms with Crippen LogP contribution in [0.1, 0.15) is 6.42 Å². The average molecular weight is 369 g/mol. The van der Waals surface area contributed by atoms with Crippen molar-refractivity contribution in [3.63, 3.8) is 0 Å². The lowest BCUT2D eigenvalue weighted by Gasteiger charge is -2.08. The van der Waals surface area contributed by atoms with E-state index in [4.69, 9.17) is 16.7 Å². The van der Waals surface area contributed by atoms with Crippen molar-refractivity contribution in [3.8, 4) is 0 Å². The van der Waals surface area contributed by atoms with Crippen LogP contribution in [0.3, 0.4) is 0 Å². The number of carbonyl (C=O) groups excluding carboxylic acids is 1. The minimum absolute atomic E-state index is 0.0726. The maximum atomic E-state index is 11.4.